The van der Waals surface area contributed by atoms with Crippen molar-refractivity contribution < 1.29 is 19.1 Å². The molecule has 122 valence electrons. The van der Waals surface area contributed by atoms with Gasteiger partial charge in [0.2, 0.25) is 5.95 Å². The molecule has 0 bridgehead atoms. The van der Waals surface area contributed by atoms with E-state index in [0.29, 0.717) is 11.5 Å². The van der Waals surface area contributed by atoms with Crippen LogP contribution in [0.2, 0.25) is 0 Å². The van der Waals surface area contributed by atoms with Crippen LogP contribution in [0, 0.1) is 0 Å². The van der Waals surface area contributed by atoms with Crippen molar-refractivity contribution in [1.29, 1.82) is 0 Å². The highest BCUT2D eigenvalue weighted by Gasteiger charge is 2.21. The first-order valence-corrected chi connectivity index (χ1v) is 7.01. The van der Waals surface area contributed by atoms with Crippen molar-refractivity contribution in [3.05, 3.63) is 48.6 Å². The molecule has 1 atom stereocenters. The molecule has 0 saturated carbocycles. The fraction of sp³-hybridized carbons (Fsp3) is 0.133. The third-order valence-corrected chi connectivity index (χ3v) is 3.28. The average molecular weight is 327 g/mol. The lowest BCUT2D eigenvalue weighted by Crippen LogP contribution is -2.24. The van der Waals surface area contributed by atoms with E-state index in [4.69, 9.17) is 9.52 Å². The molecule has 0 spiro atoms. The van der Waals surface area contributed by atoms with Gasteiger partial charge in [0, 0.05) is 12.4 Å². The van der Waals surface area contributed by atoms with Crippen molar-refractivity contribution in [2.75, 3.05) is 5.32 Å². The van der Waals surface area contributed by atoms with Crippen LogP contribution >= 0.6 is 0 Å². The molecule has 9 nitrogen and oxygen atoms in total. The number of carbonyl (C=O) groups is 2. The highest BCUT2D eigenvalue weighted by molar-refractivity contribution is 6.02. The van der Waals surface area contributed by atoms with Crippen LogP contribution in [0.15, 0.2) is 47.3 Å². The van der Waals surface area contributed by atoms with Crippen molar-refractivity contribution in [2.45, 2.75) is 13.0 Å². The number of aromatic nitrogens is 4. The van der Waals surface area contributed by atoms with Crippen molar-refractivity contribution in [3.63, 3.8) is 0 Å². The van der Waals surface area contributed by atoms with E-state index in [9.17, 15) is 9.59 Å². The third-order valence-electron chi connectivity index (χ3n) is 3.28. The number of carboxylic acid groups (broad SMARTS) is 1. The predicted molar refractivity (Wildman–Crippen MR) is 82.3 cm³/mol. The minimum absolute atomic E-state index is 0.0737. The van der Waals surface area contributed by atoms with E-state index < -0.39 is 17.9 Å². The van der Waals surface area contributed by atoms with Crippen LogP contribution in [-0.2, 0) is 4.79 Å². The first-order chi connectivity index (χ1) is 11.6. The number of nitrogens with zero attached hydrogens (tertiary/aromatic N) is 4. The first-order valence-electron chi connectivity index (χ1n) is 7.01. The second-order valence-corrected chi connectivity index (χ2v) is 4.87. The van der Waals surface area contributed by atoms with Crippen molar-refractivity contribution >= 4 is 17.8 Å². The molecule has 2 N–H and O–H groups in total. The number of amides is 1. The summed E-state index contributed by atoms with van der Waals surface area (Å²) in [6, 6.07) is 5.55. The summed E-state index contributed by atoms with van der Waals surface area (Å²) in [5, 5.41) is 15.5. The fourth-order valence-electron chi connectivity index (χ4n) is 2.05. The Hall–Kier alpha value is -3.49. The van der Waals surface area contributed by atoms with Crippen LogP contribution in [0.1, 0.15) is 23.5 Å². The maximum atomic E-state index is 12.4. The number of hydrogen-bond acceptors (Lipinski definition) is 6. The van der Waals surface area contributed by atoms with Gasteiger partial charge < -0.3 is 9.52 Å². The Morgan fingerprint density at radius 1 is 1.29 bits per heavy atom. The molecule has 9 heteroatoms. The highest BCUT2D eigenvalue weighted by atomic mass is 16.4. The fourth-order valence-corrected chi connectivity index (χ4v) is 2.05. The third kappa shape index (κ3) is 3.00. The summed E-state index contributed by atoms with van der Waals surface area (Å²) in [6.45, 7) is 1.43. The van der Waals surface area contributed by atoms with E-state index >= 15 is 0 Å². The molecule has 0 aromatic carbocycles. The molecule has 1 unspecified atom stereocenters. The summed E-state index contributed by atoms with van der Waals surface area (Å²) in [6.07, 6.45) is 4.35. The van der Waals surface area contributed by atoms with Crippen LogP contribution in [0.3, 0.4) is 0 Å². The molecule has 0 radical (unpaired) electrons. The number of hydrogen-bond donors (Lipinski definition) is 2. The number of nitrogens with one attached hydrogen (secondary N) is 1. The minimum atomic E-state index is -1.09. The van der Waals surface area contributed by atoms with Gasteiger partial charge in [-0.15, -0.1) is 0 Å². The van der Waals surface area contributed by atoms with Crippen molar-refractivity contribution in [3.8, 4) is 11.5 Å². The molecule has 0 aliphatic carbocycles. The van der Waals surface area contributed by atoms with E-state index in [-0.39, 0.29) is 11.6 Å². The molecule has 3 aromatic rings. The SMILES string of the molecule is CC(C(=O)O)n1nccc1C(=O)Nc1nccc(-c2ccco2)n1. The first kappa shape index (κ1) is 15.4. The molecular formula is C15H13N5O4. The zero-order valence-electron chi connectivity index (χ0n) is 12.6. The number of furan rings is 1. The molecule has 3 aromatic heterocycles. The Kier molecular flexibility index (Phi) is 4.06. The average Bonchev–Trinajstić information content (AvgIpc) is 3.25. The van der Waals surface area contributed by atoms with Gasteiger partial charge >= 0.3 is 5.97 Å². The molecule has 3 rings (SSSR count). The Balaban J connectivity index is 1.82. The Morgan fingerprint density at radius 3 is 2.83 bits per heavy atom. The largest absolute Gasteiger partial charge is 0.480 e. The predicted octanol–water partition coefficient (Wildman–Crippen LogP) is 1.83. The van der Waals surface area contributed by atoms with Gasteiger partial charge in [-0.3, -0.25) is 10.1 Å². The number of aliphatic carboxylic acids is 1. The summed E-state index contributed by atoms with van der Waals surface area (Å²) in [4.78, 5) is 31.6. The number of carbonyl (C=O) groups excluding carboxylic acids is 1. The Morgan fingerprint density at radius 2 is 2.12 bits per heavy atom. The van der Waals surface area contributed by atoms with E-state index in [1.807, 2.05) is 0 Å². The maximum absolute atomic E-state index is 12.4. The highest BCUT2D eigenvalue weighted by Crippen LogP contribution is 2.18. The zero-order valence-corrected chi connectivity index (χ0v) is 12.6. The van der Waals surface area contributed by atoms with Gasteiger partial charge in [-0.2, -0.15) is 5.10 Å². The van der Waals surface area contributed by atoms with Gasteiger partial charge in [0.25, 0.3) is 5.91 Å². The zero-order chi connectivity index (χ0) is 17.1. The van der Waals surface area contributed by atoms with Crippen LogP contribution < -0.4 is 5.32 Å². The number of anilines is 1. The van der Waals surface area contributed by atoms with Gasteiger partial charge in [-0.25, -0.2) is 19.4 Å². The summed E-state index contributed by atoms with van der Waals surface area (Å²) in [7, 11) is 0. The molecule has 0 aliphatic heterocycles. The molecule has 0 fully saturated rings. The topological polar surface area (TPSA) is 123 Å². The van der Waals surface area contributed by atoms with Crippen molar-refractivity contribution in [1.82, 2.24) is 19.7 Å². The molecule has 24 heavy (non-hydrogen) atoms. The Bertz CT molecular complexity index is 872. The van der Waals surface area contributed by atoms with Gasteiger partial charge in [-0.05, 0) is 31.2 Å². The lowest BCUT2D eigenvalue weighted by molar-refractivity contribution is -0.140. The van der Waals surface area contributed by atoms with Crippen LogP contribution in [0.25, 0.3) is 11.5 Å². The van der Waals surface area contributed by atoms with E-state index in [1.165, 1.54) is 31.6 Å². The van der Waals surface area contributed by atoms with Gasteiger partial charge in [0.05, 0.1) is 6.26 Å². The van der Waals surface area contributed by atoms with Gasteiger partial charge in [0.1, 0.15) is 17.4 Å². The molecule has 1 amide bonds. The lowest BCUT2D eigenvalue weighted by Gasteiger charge is -2.11. The van der Waals surface area contributed by atoms with Crippen LogP contribution in [0.5, 0.6) is 0 Å². The summed E-state index contributed by atoms with van der Waals surface area (Å²) in [5.41, 5.74) is 0.606. The second-order valence-electron chi connectivity index (χ2n) is 4.87. The molecule has 0 saturated heterocycles. The van der Waals surface area contributed by atoms with Gasteiger partial charge in [0.15, 0.2) is 5.76 Å². The molecular weight excluding hydrogens is 314 g/mol. The van der Waals surface area contributed by atoms with Crippen LogP contribution in [-0.4, -0.2) is 36.7 Å². The smallest absolute Gasteiger partial charge is 0.328 e. The molecule has 3 heterocycles. The minimum Gasteiger partial charge on any atom is -0.480 e. The lowest BCUT2D eigenvalue weighted by atomic mass is 10.3. The van der Waals surface area contributed by atoms with E-state index in [1.54, 1.807) is 18.2 Å². The standard InChI is InChI=1S/C15H13N5O4/c1-9(14(22)23)20-11(5-7-17-20)13(21)19-15-16-6-4-10(18-15)12-3-2-8-24-12/h2-9H,1H3,(H,22,23)(H,16,18,19,21). The molecule has 0 aliphatic rings. The normalized spacial score (nSPS) is 11.9. The Labute approximate surface area is 136 Å². The summed E-state index contributed by atoms with van der Waals surface area (Å²) in [5.74, 6) is -1.04. The van der Waals surface area contributed by atoms with Crippen LogP contribution in [0.4, 0.5) is 5.95 Å². The quantitative estimate of drug-likeness (QED) is 0.732. The van der Waals surface area contributed by atoms with Gasteiger partial charge in [-0.1, -0.05) is 0 Å². The monoisotopic (exact) mass is 327 g/mol. The summed E-state index contributed by atoms with van der Waals surface area (Å²) >= 11 is 0. The summed E-state index contributed by atoms with van der Waals surface area (Å²) < 4.78 is 6.37. The van der Waals surface area contributed by atoms with E-state index in [0.717, 1.165) is 4.68 Å². The van der Waals surface area contributed by atoms with E-state index in [2.05, 4.69) is 20.4 Å². The van der Waals surface area contributed by atoms with Crippen molar-refractivity contribution in [2.24, 2.45) is 0 Å². The number of carboxylic acids is 1. The second kappa shape index (κ2) is 6.32. The maximum Gasteiger partial charge on any atom is 0.328 e. The number of rotatable bonds is 5.